The van der Waals surface area contributed by atoms with Crippen molar-refractivity contribution in [1.82, 2.24) is 0 Å². The topological polar surface area (TPSA) is 374 Å². The zero-order valence-electron chi connectivity index (χ0n) is 58.2. The zero-order valence-corrected chi connectivity index (χ0v) is 59.0. The smallest absolute Gasteiger partial charge is 0.462 e. The van der Waals surface area contributed by atoms with Crippen molar-refractivity contribution in [2.24, 2.45) is 0 Å². The Kier molecular flexibility index (Phi) is 48.3. The van der Waals surface area contributed by atoms with Crippen LogP contribution in [0.4, 0.5) is 0 Å². The number of aliphatic hydroxyl groups is 10. The van der Waals surface area contributed by atoms with Gasteiger partial charge in [-0.05, 0) is 51.4 Å². The number of rotatable bonds is 56. The average molecular weight is 1400 g/mol. The minimum Gasteiger partial charge on any atom is -0.462 e. The van der Waals surface area contributed by atoms with Gasteiger partial charge < -0.3 is 89.1 Å². The van der Waals surface area contributed by atoms with Crippen molar-refractivity contribution in [2.75, 3.05) is 26.4 Å². The van der Waals surface area contributed by atoms with Crippen LogP contribution in [0, 0.1) is 0 Å². The van der Waals surface area contributed by atoms with Gasteiger partial charge in [0, 0.05) is 18.9 Å². The molecule has 3 rings (SSSR count). The van der Waals surface area contributed by atoms with Gasteiger partial charge in [0.05, 0.1) is 13.2 Å². The summed E-state index contributed by atoms with van der Waals surface area (Å²) in [6.45, 7) is 3.32. The quantitative estimate of drug-likeness (QED) is 0.00513. The molecule has 2 heterocycles. The van der Waals surface area contributed by atoms with Gasteiger partial charge in [0.15, 0.2) is 18.7 Å². The zero-order chi connectivity index (χ0) is 70.4. The van der Waals surface area contributed by atoms with Crippen molar-refractivity contribution < 1.29 is 117 Å². The van der Waals surface area contributed by atoms with Crippen LogP contribution in [-0.4, -0.2) is 204 Å². The third kappa shape index (κ3) is 36.2. The summed E-state index contributed by atoms with van der Waals surface area (Å²) < 4.78 is 64.7. The standard InChI is InChI=1S/C71H127O24P/c1-4-7-10-13-16-19-22-25-27-29-31-34-37-40-43-46-56(74)88-51-54-59(77)61(79)66(84)71(92-54)94-68-64(82)62(80)63(81)67(93-70-65(83)60(78)58(76)53(48-72)91-70)69(68)95-96(85,86)89-50-52(49-87-55(73)45-42-39-36-33-30-24-21-18-15-12-9-6-3)90-57(75)47-44-41-38-35-32-28-26-23-20-17-14-11-8-5-2/h28,32,37,40,43,46,52-54,58-72,76-84H,4-27,29-31,33-36,38-39,41-42,44-45,47-51H2,1-3H3,(H,85,86)/b32-28-,40-37+,46-43+. The van der Waals surface area contributed by atoms with Gasteiger partial charge in [0.1, 0.15) is 98.7 Å². The Morgan fingerprint density at radius 2 is 0.812 bits per heavy atom. The first-order chi connectivity index (χ1) is 46.3. The van der Waals surface area contributed by atoms with Crippen molar-refractivity contribution in [1.29, 1.82) is 0 Å². The maximum Gasteiger partial charge on any atom is 0.472 e. The molecule has 0 amide bonds. The van der Waals surface area contributed by atoms with E-state index in [1.165, 1.54) is 134 Å². The third-order valence-corrected chi connectivity index (χ3v) is 19.0. The van der Waals surface area contributed by atoms with E-state index >= 15 is 0 Å². The number of aliphatic hydroxyl groups excluding tert-OH is 10. The minimum absolute atomic E-state index is 0.0412. The molecule has 0 aromatic carbocycles. The van der Waals surface area contributed by atoms with Crippen molar-refractivity contribution in [3.05, 3.63) is 36.5 Å². The van der Waals surface area contributed by atoms with E-state index in [0.29, 0.717) is 19.3 Å². The van der Waals surface area contributed by atoms with Crippen molar-refractivity contribution in [3.63, 3.8) is 0 Å². The fourth-order valence-electron chi connectivity index (χ4n) is 12.0. The normalized spacial score (nSPS) is 28.1. The number of hydrogen-bond acceptors (Lipinski definition) is 23. The van der Waals surface area contributed by atoms with Crippen LogP contribution >= 0.6 is 7.82 Å². The van der Waals surface area contributed by atoms with Crippen LogP contribution in [-0.2, 0) is 61.2 Å². The minimum atomic E-state index is -5.71. The van der Waals surface area contributed by atoms with Gasteiger partial charge in [-0.25, -0.2) is 9.36 Å². The van der Waals surface area contributed by atoms with Gasteiger partial charge >= 0.3 is 25.7 Å². The monoisotopic (exact) mass is 1390 g/mol. The number of phosphoric acid groups is 1. The predicted octanol–water partition coefficient (Wildman–Crippen LogP) is 9.51. The first-order valence-corrected chi connectivity index (χ1v) is 38.3. The second-order valence-corrected chi connectivity index (χ2v) is 27.8. The molecule has 0 radical (unpaired) electrons. The van der Waals surface area contributed by atoms with Crippen LogP contribution < -0.4 is 0 Å². The summed E-state index contributed by atoms with van der Waals surface area (Å²) in [4.78, 5) is 50.8. The summed E-state index contributed by atoms with van der Waals surface area (Å²) >= 11 is 0. The number of phosphoric ester groups is 1. The summed E-state index contributed by atoms with van der Waals surface area (Å²) in [6.07, 6.45) is 14.3. The van der Waals surface area contributed by atoms with E-state index in [4.69, 9.17) is 42.2 Å². The summed E-state index contributed by atoms with van der Waals surface area (Å²) in [5.74, 6) is -2.24. The summed E-state index contributed by atoms with van der Waals surface area (Å²) in [6, 6.07) is 0. The van der Waals surface area contributed by atoms with Gasteiger partial charge in [0.2, 0.25) is 0 Å². The molecule has 3 fully saturated rings. The van der Waals surface area contributed by atoms with Crippen LogP contribution in [0.15, 0.2) is 36.5 Å². The molecular formula is C71H127O24P. The molecular weight excluding hydrogens is 1270 g/mol. The van der Waals surface area contributed by atoms with E-state index in [1.54, 1.807) is 6.08 Å². The number of esters is 3. The first-order valence-electron chi connectivity index (χ1n) is 36.8. The summed E-state index contributed by atoms with van der Waals surface area (Å²) in [7, 11) is -5.71. The van der Waals surface area contributed by atoms with E-state index in [-0.39, 0.29) is 12.8 Å². The maximum absolute atomic E-state index is 14.3. The molecule has 18 atom stereocenters. The van der Waals surface area contributed by atoms with E-state index in [1.807, 2.05) is 6.08 Å². The fraction of sp³-hybridized carbons (Fsp3) is 0.873. The Morgan fingerprint density at radius 3 is 1.27 bits per heavy atom. The van der Waals surface area contributed by atoms with Crippen LogP contribution in [0.1, 0.15) is 265 Å². The van der Waals surface area contributed by atoms with Crippen LogP contribution in [0.3, 0.4) is 0 Å². The Balaban J connectivity index is 1.76. The number of ether oxygens (including phenoxy) is 7. The molecule has 18 unspecified atom stereocenters. The van der Waals surface area contributed by atoms with E-state index in [2.05, 4.69) is 32.9 Å². The molecule has 0 aromatic heterocycles. The number of unbranched alkanes of at least 4 members (excludes halogenated alkanes) is 32. The summed E-state index contributed by atoms with van der Waals surface area (Å²) in [5.41, 5.74) is 0. The van der Waals surface area contributed by atoms with Crippen LogP contribution in [0.2, 0.25) is 0 Å². The second kappa shape index (κ2) is 53.1. The maximum atomic E-state index is 14.3. The Hall–Kier alpha value is -2.82. The molecule has 96 heavy (non-hydrogen) atoms. The van der Waals surface area contributed by atoms with Gasteiger partial charge in [-0.3, -0.25) is 18.6 Å². The molecule has 0 spiro atoms. The Bertz CT molecular complexity index is 2140. The Labute approximate surface area is 572 Å². The molecule has 24 nitrogen and oxygen atoms in total. The molecule has 25 heteroatoms. The lowest BCUT2D eigenvalue weighted by Gasteiger charge is -2.49. The highest BCUT2D eigenvalue weighted by atomic mass is 31.2. The van der Waals surface area contributed by atoms with Crippen LogP contribution in [0.5, 0.6) is 0 Å². The highest BCUT2D eigenvalue weighted by Gasteiger charge is 2.58. The molecule has 2 saturated heterocycles. The predicted molar refractivity (Wildman–Crippen MR) is 361 cm³/mol. The highest BCUT2D eigenvalue weighted by molar-refractivity contribution is 7.47. The van der Waals surface area contributed by atoms with E-state index in [9.17, 15) is 74.9 Å². The number of carbonyl (C=O) groups is 3. The largest absolute Gasteiger partial charge is 0.472 e. The van der Waals surface area contributed by atoms with Gasteiger partial charge in [0.25, 0.3) is 0 Å². The summed E-state index contributed by atoms with van der Waals surface area (Å²) in [5, 5.41) is 110. The van der Waals surface area contributed by atoms with E-state index in [0.717, 1.165) is 89.5 Å². The van der Waals surface area contributed by atoms with Gasteiger partial charge in [-0.15, -0.1) is 0 Å². The first kappa shape index (κ1) is 87.4. The molecule has 1 saturated carbocycles. The fourth-order valence-corrected chi connectivity index (χ4v) is 12.9. The molecule has 11 N–H and O–H groups in total. The lowest BCUT2D eigenvalue weighted by atomic mass is 9.84. The number of hydrogen-bond donors (Lipinski definition) is 11. The SMILES string of the molecule is CCCCCCCCC/C=C\CCCCCC(=O)OC(COC(=O)CCCCCCCCCCCCCC)COP(=O)(O)OC1C(OC2OC(CO)C(O)C(O)C2O)C(O)C(O)C(O)C1OC1OC(COC(=O)/C=C/C=C/CCCCCCCCCCCCC)C(O)C(O)C1O. The molecule has 1 aliphatic carbocycles. The second-order valence-electron chi connectivity index (χ2n) is 26.4. The van der Waals surface area contributed by atoms with Crippen molar-refractivity contribution in [2.45, 2.75) is 369 Å². The van der Waals surface area contributed by atoms with Crippen molar-refractivity contribution in [3.8, 4) is 0 Å². The number of carbonyl (C=O) groups excluding carboxylic acids is 3. The van der Waals surface area contributed by atoms with Gasteiger partial charge in [-0.2, -0.15) is 0 Å². The molecule has 2 aliphatic heterocycles. The molecule has 3 aliphatic rings. The number of allylic oxidation sites excluding steroid dienone is 5. The Morgan fingerprint density at radius 1 is 0.427 bits per heavy atom. The lowest BCUT2D eigenvalue weighted by molar-refractivity contribution is -0.360. The molecule has 560 valence electrons. The van der Waals surface area contributed by atoms with Crippen molar-refractivity contribution >= 4 is 25.7 Å². The lowest BCUT2D eigenvalue weighted by Crippen LogP contribution is -2.69. The molecule has 0 aromatic rings. The van der Waals surface area contributed by atoms with E-state index < -0.39 is 156 Å². The average Bonchev–Trinajstić information content (AvgIpc) is 0.764. The highest BCUT2D eigenvalue weighted by Crippen LogP contribution is 2.49. The van der Waals surface area contributed by atoms with Crippen LogP contribution in [0.25, 0.3) is 0 Å². The molecule has 0 bridgehead atoms. The third-order valence-electron chi connectivity index (χ3n) is 18.0. The van der Waals surface area contributed by atoms with Gasteiger partial charge in [-0.1, -0.05) is 231 Å².